The summed E-state index contributed by atoms with van der Waals surface area (Å²) in [6, 6.07) is 11.9. The summed E-state index contributed by atoms with van der Waals surface area (Å²) in [5.74, 6) is 0.0213. The van der Waals surface area contributed by atoms with Gasteiger partial charge in [0.2, 0.25) is 5.91 Å². The molecule has 0 fully saturated rings. The van der Waals surface area contributed by atoms with Gasteiger partial charge in [-0.3, -0.25) is 10.2 Å². The van der Waals surface area contributed by atoms with Gasteiger partial charge in [-0.25, -0.2) is 5.43 Å². The summed E-state index contributed by atoms with van der Waals surface area (Å²) in [7, 11) is 0. The first-order valence-corrected chi connectivity index (χ1v) is 8.34. The fourth-order valence-corrected chi connectivity index (χ4v) is 2.75. The molecule has 4 N–H and O–H groups in total. The highest BCUT2D eigenvalue weighted by atomic mass is 16.3. The maximum absolute atomic E-state index is 11.5. The number of benzene rings is 2. The number of carbonyl (C=O) groups is 1. The van der Waals surface area contributed by atoms with Gasteiger partial charge in [-0.1, -0.05) is 19.1 Å². The summed E-state index contributed by atoms with van der Waals surface area (Å²) >= 11 is 0. The van der Waals surface area contributed by atoms with Crippen molar-refractivity contribution >= 4 is 23.5 Å². The van der Waals surface area contributed by atoms with Crippen LogP contribution in [-0.2, 0) is 4.79 Å². The van der Waals surface area contributed by atoms with Gasteiger partial charge >= 0.3 is 0 Å². The molecule has 0 saturated heterocycles. The largest absolute Gasteiger partial charge is 0.508 e. The zero-order chi connectivity index (χ0) is 18.5. The van der Waals surface area contributed by atoms with Crippen LogP contribution in [-0.4, -0.2) is 28.0 Å². The molecule has 7 nitrogen and oxygen atoms in total. The van der Waals surface area contributed by atoms with Crippen LogP contribution in [0.15, 0.2) is 52.7 Å². The number of hydrazone groups is 2. The van der Waals surface area contributed by atoms with Crippen molar-refractivity contribution in [1.29, 1.82) is 0 Å². The second-order valence-electron chi connectivity index (χ2n) is 6.03. The van der Waals surface area contributed by atoms with E-state index in [1.54, 1.807) is 6.07 Å². The van der Waals surface area contributed by atoms with Crippen molar-refractivity contribution in [1.82, 2.24) is 5.43 Å². The van der Waals surface area contributed by atoms with E-state index in [-0.39, 0.29) is 23.3 Å². The topological polar surface area (TPSA) is 106 Å². The van der Waals surface area contributed by atoms with Gasteiger partial charge in [-0.15, -0.1) is 0 Å². The molecule has 0 aromatic heterocycles. The number of carbonyl (C=O) groups excluding carboxylic acids is 1. The predicted octanol–water partition coefficient (Wildman–Crippen LogP) is 2.79. The molecule has 1 aliphatic rings. The number of nitrogens with one attached hydrogen (secondary N) is 2. The van der Waals surface area contributed by atoms with Crippen LogP contribution in [0, 0.1) is 5.92 Å². The summed E-state index contributed by atoms with van der Waals surface area (Å²) < 4.78 is 0. The van der Waals surface area contributed by atoms with Crippen molar-refractivity contribution in [2.24, 2.45) is 16.1 Å². The first-order chi connectivity index (χ1) is 12.6. The van der Waals surface area contributed by atoms with Gasteiger partial charge in [0.05, 0.1) is 17.6 Å². The van der Waals surface area contributed by atoms with Crippen molar-refractivity contribution in [2.75, 3.05) is 5.43 Å². The van der Waals surface area contributed by atoms with Crippen LogP contribution in [0.2, 0.25) is 0 Å². The fraction of sp³-hybridized carbons (Fsp3) is 0.211. The molecule has 3 rings (SSSR count). The van der Waals surface area contributed by atoms with Crippen LogP contribution < -0.4 is 10.9 Å². The van der Waals surface area contributed by atoms with E-state index in [0.29, 0.717) is 12.0 Å². The van der Waals surface area contributed by atoms with Gasteiger partial charge in [0.25, 0.3) is 0 Å². The lowest BCUT2D eigenvalue weighted by molar-refractivity contribution is -0.122. The molecule has 26 heavy (non-hydrogen) atoms. The Labute approximate surface area is 151 Å². The molecular weight excluding hydrogens is 332 g/mol. The lowest BCUT2D eigenvalue weighted by Crippen LogP contribution is -2.33. The van der Waals surface area contributed by atoms with Crippen molar-refractivity contribution < 1.29 is 15.0 Å². The summed E-state index contributed by atoms with van der Waals surface area (Å²) in [6.45, 7) is 2.04. The van der Waals surface area contributed by atoms with E-state index < -0.39 is 0 Å². The smallest absolute Gasteiger partial charge is 0.240 e. The Morgan fingerprint density at radius 1 is 1.27 bits per heavy atom. The number of hydrogen-bond acceptors (Lipinski definition) is 6. The number of phenols is 2. The van der Waals surface area contributed by atoms with E-state index in [9.17, 15) is 15.0 Å². The third kappa shape index (κ3) is 4.00. The number of phenolic OH excluding ortho intramolecular Hbond substituents is 2. The molecule has 0 saturated carbocycles. The second-order valence-corrected chi connectivity index (χ2v) is 6.03. The molecule has 1 heterocycles. The number of nitrogens with zero attached hydrogens (tertiary/aromatic N) is 2. The lowest BCUT2D eigenvalue weighted by atomic mass is 9.90. The molecule has 1 aliphatic heterocycles. The van der Waals surface area contributed by atoms with E-state index in [0.717, 1.165) is 23.4 Å². The minimum atomic E-state index is -0.0503. The number of aromatic hydroxyl groups is 2. The Morgan fingerprint density at radius 3 is 2.73 bits per heavy atom. The lowest BCUT2D eigenvalue weighted by Gasteiger charge is -2.21. The maximum atomic E-state index is 11.5. The molecule has 0 spiro atoms. The van der Waals surface area contributed by atoms with E-state index in [4.69, 9.17) is 0 Å². The van der Waals surface area contributed by atoms with Crippen molar-refractivity contribution in [3.63, 3.8) is 0 Å². The van der Waals surface area contributed by atoms with Crippen LogP contribution in [0.3, 0.4) is 0 Å². The van der Waals surface area contributed by atoms with E-state index in [1.807, 2.05) is 31.2 Å². The Morgan fingerprint density at radius 2 is 2.04 bits per heavy atom. The first kappa shape index (κ1) is 17.5. The third-order valence-corrected chi connectivity index (χ3v) is 4.20. The van der Waals surface area contributed by atoms with Gasteiger partial charge in [-0.2, -0.15) is 10.2 Å². The van der Waals surface area contributed by atoms with Crippen LogP contribution in [0.25, 0.3) is 0 Å². The zero-order valence-electron chi connectivity index (χ0n) is 14.3. The maximum Gasteiger partial charge on any atom is 0.240 e. The Bertz CT molecular complexity index is 860. The second kappa shape index (κ2) is 7.69. The number of hydrogen-bond donors (Lipinski definition) is 4. The molecular formula is C19H20N4O3. The molecule has 2 aromatic rings. The van der Waals surface area contributed by atoms with E-state index in [1.165, 1.54) is 18.3 Å². The zero-order valence-corrected chi connectivity index (χ0v) is 14.3. The fourth-order valence-electron chi connectivity index (χ4n) is 2.75. The average Bonchev–Trinajstić information content (AvgIpc) is 2.64. The molecule has 134 valence electrons. The molecule has 0 bridgehead atoms. The average molecular weight is 352 g/mol. The molecule has 1 atom stereocenters. The van der Waals surface area contributed by atoms with Crippen LogP contribution in [0.4, 0.5) is 5.69 Å². The molecule has 7 heteroatoms. The van der Waals surface area contributed by atoms with Crippen molar-refractivity contribution in [3.05, 3.63) is 53.6 Å². The van der Waals surface area contributed by atoms with Gasteiger partial charge < -0.3 is 10.2 Å². The number of anilines is 1. The summed E-state index contributed by atoms with van der Waals surface area (Å²) in [4.78, 5) is 11.5. The van der Waals surface area contributed by atoms with Gasteiger partial charge in [-0.05, 0) is 36.2 Å². The monoisotopic (exact) mass is 352 g/mol. The summed E-state index contributed by atoms with van der Waals surface area (Å²) in [6.07, 6.45) is 2.78. The highest BCUT2D eigenvalue weighted by Crippen LogP contribution is 2.22. The first-order valence-electron chi connectivity index (χ1n) is 8.34. The summed E-state index contributed by atoms with van der Waals surface area (Å²) in [5.41, 5.74) is 8.53. The molecule has 0 radical (unpaired) electrons. The van der Waals surface area contributed by atoms with E-state index >= 15 is 0 Å². The van der Waals surface area contributed by atoms with E-state index in [2.05, 4.69) is 21.1 Å². The SMILES string of the molecule is CCC1CC(=O)NN=C1c1ccc(NN=Cc2ccc(O)cc2O)cc1. The normalized spacial score (nSPS) is 17.0. The van der Waals surface area contributed by atoms with Crippen LogP contribution >= 0.6 is 0 Å². The highest BCUT2D eigenvalue weighted by molar-refractivity contribution is 6.06. The predicted molar refractivity (Wildman–Crippen MR) is 101 cm³/mol. The van der Waals surface area contributed by atoms with Gasteiger partial charge in [0, 0.05) is 24.0 Å². The van der Waals surface area contributed by atoms with Crippen molar-refractivity contribution in [2.45, 2.75) is 19.8 Å². The standard InChI is InChI=1S/C19H20N4O3/c1-2-12-9-18(26)22-23-19(12)13-3-6-15(7-4-13)21-20-11-14-5-8-16(24)10-17(14)25/h3-8,10-12,21,24-25H,2,9H2,1H3,(H,22,26). The molecule has 2 aromatic carbocycles. The number of rotatable bonds is 5. The van der Waals surface area contributed by atoms with Crippen molar-refractivity contribution in [3.8, 4) is 11.5 Å². The van der Waals surface area contributed by atoms with Crippen LogP contribution in [0.5, 0.6) is 11.5 Å². The van der Waals surface area contributed by atoms with Gasteiger partial charge in [0.15, 0.2) is 0 Å². The highest BCUT2D eigenvalue weighted by Gasteiger charge is 2.23. The number of amides is 1. The Kier molecular flexibility index (Phi) is 5.17. The minimum absolute atomic E-state index is 0.00426. The third-order valence-electron chi connectivity index (χ3n) is 4.20. The minimum Gasteiger partial charge on any atom is -0.508 e. The van der Waals surface area contributed by atoms with Gasteiger partial charge in [0.1, 0.15) is 11.5 Å². The quantitative estimate of drug-likeness (QED) is 0.490. The molecule has 1 amide bonds. The molecule has 1 unspecified atom stereocenters. The molecule has 0 aliphatic carbocycles. The van der Waals surface area contributed by atoms with Crippen LogP contribution in [0.1, 0.15) is 30.9 Å². The Hall–Kier alpha value is -3.35. The Balaban J connectivity index is 1.68. The summed E-state index contributed by atoms with van der Waals surface area (Å²) in [5, 5.41) is 27.3.